The minimum Gasteiger partial charge on any atom is -0.398 e. The fraction of sp³-hybridized carbons (Fsp3) is 0.455. The van der Waals surface area contributed by atoms with Gasteiger partial charge in [-0.1, -0.05) is 0 Å². The monoisotopic (exact) mass is 317 g/mol. The Morgan fingerprint density at radius 1 is 1.67 bits per heavy atom. The number of nitrogens with two attached hydrogens (primary N) is 1. The second-order valence-corrected chi connectivity index (χ2v) is 4.83. The van der Waals surface area contributed by atoms with Gasteiger partial charge in [0.15, 0.2) is 0 Å². The molecule has 1 rings (SSSR count). The molecule has 1 aromatic heterocycles. The van der Waals surface area contributed by atoms with Crippen molar-refractivity contribution in [3.63, 3.8) is 0 Å². The standard InChI is InChI=1S/C11H16BrN3O3/c1-7(6-18-2)14-10(16)5-15-4-8(13)3-9(12)11(15)17/h3-4,7H,5-6,13H2,1-2H3,(H,14,16). The molecule has 100 valence electrons. The maximum atomic E-state index is 11.7. The van der Waals surface area contributed by atoms with Gasteiger partial charge < -0.3 is 20.4 Å². The Morgan fingerprint density at radius 3 is 2.94 bits per heavy atom. The first kappa shape index (κ1) is 14.7. The Bertz CT molecular complexity index is 487. The molecule has 1 heterocycles. The van der Waals surface area contributed by atoms with Crippen LogP contribution in [-0.4, -0.2) is 30.2 Å². The maximum absolute atomic E-state index is 11.7. The molecule has 0 saturated heterocycles. The molecular weight excluding hydrogens is 302 g/mol. The molecule has 18 heavy (non-hydrogen) atoms. The number of carbonyl (C=O) groups excluding carboxylic acids is 1. The third-order valence-corrected chi connectivity index (χ3v) is 2.77. The van der Waals surface area contributed by atoms with E-state index in [0.717, 1.165) is 0 Å². The highest BCUT2D eigenvalue weighted by atomic mass is 79.9. The lowest BCUT2D eigenvalue weighted by Gasteiger charge is -2.13. The van der Waals surface area contributed by atoms with Gasteiger partial charge in [-0.3, -0.25) is 9.59 Å². The number of nitrogens with zero attached hydrogens (tertiary/aromatic N) is 1. The van der Waals surface area contributed by atoms with E-state index in [-0.39, 0.29) is 24.1 Å². The summed E-state index contributed by atoms with van der Waals surface area (Å²) in [6.45, 7) is 2.16. The quantitative estimate of drug-likeness (QED) is 0.820. The van der Waals surface area contributed by atoms with Gasteiger partial charge in [-0.25, -0.2) is 0 Å². The second-order valence-electron chi connectivity index (χ2n) is 3.98. The predicted octanol–water partition coefficient (Wildman–Crippen LogP) is 0.344. The van der Waals surface area contributed by atoms with E-state index in [4.69, 9.17) is 10.5 Å². The Balaban J connectivity index is 2.73. The number of pyridine rings is 1. The Hall–Kier alpha value is -1.34. The van der Waals surface area contributed by atoms with Crippen molar-refractivity contribution in [3.8, 4) is 0 Å². The average Bonchev–Trinajstić information content (AvgIpc) is 2.25. The molecule has 0 spiro atoms. The highest BCUT2D eigenvalue weighted by Crippen LogP contribution is 2.07. The third kappa shape index (κ3) is 4.15. The van der Waals surface area contributed by atoms with Crippen molar-refractivity contribution in [2.75, 3.05) is 19.5 Å². The number of hydrogen-bond acceptors (Lipinski definition) is 4. The molecule has 1 atom stereocenters. The van der Waals surface area contributed by atoms with Crippen LogP contribution in [0, 0.1) is 0 Å². The van der Waals surface area contributed by atoms with E-state index in [1.54, 1.807) is 7.11 Å². The predicted molar refractivity (Wildman–Crippen MR) is 72.3 cm³/mol. The zero-order chi connectivity index (χ0) is 13.7. The molecule has 0 aliphatic carbocycles. The van der Waals surface area contributed by atoms with Gasteiger partial charge >= 0.3 is 0 Å². The van der Waals surface area contributed by atoms with Gasteiger partial charge in [-0.2, -0.15) is 0 Å². The molecule has 0 radical (unpaired) electrons. The van der Waals surface area contributed by atoms with E-state index in [1.807, 2.05) is 6.92 Å². The maximum Gasteiger partial charge on any atom is 0.265 e. The van der Waals surface area contributed by atoms with Crippen LogP contribution in [-0.2, 0) is 16.1 Å². The normalized spacial score (nSPS) is 12.2. The highest BCUT2D eigenvalue weighted by Gasteiger charge is 2.10. The van der Waals surface area contributed by atoms with Crippen molar-refractivity contribution in [2.24, 2.45) is 0 Å². The number of nitrogen functional groups attached to an aromatic ring is 1. The second kappa shape index (κ2) is 6.55. The van der Waals surface area contributed by atoms with Crippen LogP contribution >= 0.6 is 15.9 Å². The average molecular weight is 318 g/mol. The van der Waals surface area contributed by atoms with Gasteiger partial charge in [0.05, 0.1) is 11.1 Å². The number of carbonyl (C=O) groups is 1. The van der Waals surface area contributed by atoms with Crippen LogP contribution in [0.25, 0.3) is 0 Å². The zero-order valence-corrected chi connectivity index (χ0v) is 11.9. The molecule has 0 aromatic carbocycles. The Labute approximate surface area is 113 Å². The van der Waals surface area contributed by atoms with Crippen LogP contribution in [0.4, 0.5) is 5.69 Å². The Kier molecular flexibility index (Phi) is 5.36. The molecule has 0 bridgehead atoms. The lowest BCUT2D eigenvalue weighted by Crippen LogP contribution is -2.39. The molecule has 1 unspecified atom stereocenters. The van der Waals surface area contributed by atoms with Crippen molar-refractivity contribution in [1.29, 1.82) is 0 Å². The summed E-state index contributed by atoms with van der Waals surface area (Å²) in [5.74, 6) is -0.265. The van der Waals surface area contributed by atoms with Crippen molar-refractivity contribution < 1.29 is 9.53 Å². The molecular formula is C11H16BrN3O3. The number of hydrogen-bond donors (Lipinski definition) is 2. The lowest BCUT2D eigenvalue weighted by molar-refractivity contribution is -0.122. The number of nitrogens with one attached hydrogen (secondary N) is 1. The lowest BCUT2D eigenvalue weighted by atomic mass is 10.3. The fourth-order valence-electron chi connectivity index (χ4n) is 1.51. The summed E-state index contributed by atoms with van der Waals surface area (Å²) in [5.41, 5.74) is 5.73. The minimum absolute atomic E-state index is 0.0729. The fourth-order valence-corrected chi connectivity index (χ4v) is 2.00. The number of halogens is 1. The van der Waals surface area contributed by atoms with E-state index >= 15 is 0 Å². The number of anilines is 1. The smallest absolute Gasteiger partial charge is 0.265 e. The molecule has 0 saturated carbocycles. The third-order valence-electron chi connectivity index (χ3n) is 2.20. The van der Waals surface area contributed by atoms with Crippen LogP contribution in [0.5, 0.6) is 0 Å². The van der Waals surface area contributed by atoms with Crippen LogP contribution in [0.3, 0.4) is 0 Å². The first-order chi connectivity index (χ1) is 8.43. The Morgan fingerprint density at radius 2 is 2.33 bits per heavy atom. The van der Waals surface area contributed by atoms with Crippen molar-refractivity contribution in [1.82, 2.24) is 9.88 Å². The summed E-state index contributed by atoms with van der Waals surface area (Å²) >= 11 is 3.10. The number of ether oxygens (including phenoxy) is 1. The first-order valence-electron chi connectivity index (χ1n) is 5.37. The van der Waals surface area contributed by atoms with Crippen molar-refractivity contribution >= 4 is 27.5 Å². The highest BCUT2D eigenvalue weighted by molar-refractivity contribution is 9.10. The van der Waals surface area contributed by atoms with Gasteiger partial charge in [0.2, 0.25) is 5.91 Å². The summed E-state index contributed by atoms with van der Waals surface area (Å²) in [6.07, 6.45) is 1.44. The molecule has 1 amide bonds. The summed E-state index contributed by atoms with van der Waals surface area (Å²) in [5, 5.41) is 2.72. The first-order valence-corrected chi connectivity index (χ1v) is 6.17. The van der Waals surface area contributed by atoms with E-state index in [0.29, 0.717) is 16.8 Å². The number of aromatic nitrogens is 1. The van der Waals surface area contributed by atoms with Gasteiger partial charge in [0.1, 0.15) is 6.54 Å². The SMILES string of the molecule is COCC(C)NC(=O)Cn1cc(N)cc(Br)c1=O. The van der Waals surface area contributed by atoms with E-state index in [2.05, 4.69) is 21.2 Å². The summed E-state index contributed by atoms with van der Waals surface area (Å²) in [4.78, 5) is 23.4. The molecule has 3 N–H and O–H groups in total. The van der Waals surface area contributed by atoms with E-state index in [9.17, 15) is 9.59 Å². The van der Waals surface area contributed by atoms with Gasteiger partial charge in [0.25, 0.3) is 5.56 Å². The van der Waals surface area contributed by atoms with Crippen LogP contribution in [0.15, 0.2) is 21.5 Å². The minimum atomic E-state index is -0.293. The molecule has 1 aromatic rings. The van der Waals surface area contributed by atoms with Crippen molar-refractivity contribution in [2.45, 2.75) is 19.5 Å². The largest absolute Gasteiger partial charge is 0.398 e. The van der Waals surface area contributed by atoms with E-state index < -0.39 is 0 Å². The number of amides is 1. The molecule has 0 aliphatic rings. The van der Waals surface area contributed by atoms with Gasteiger partial charge in [-0.15, -0.1) is 0 Å². The van der Waals surface area contributed by atoms with E-state index in [1.165, 1.54) is 16.8 Å². The topological polar surface area (TPSA) is 86.3 Å². The molecule has 7 heteroatoms. The van der Waals surface area contributed by atoms with Gasteiger partial charge in [-0.05, 0) is 28.9 Å². The van der Waals surface area contributed by atoms with Gasteiger partial charge in [0, 0.05) is 25.0 Å². The number of methoxy groups -OCH3 is 1. The molecule has 0 aliphatic heterocycles. The molecule has 6 nitrogen and oxygen atoms in total. The summed E-state index contributed by atoms with van der Waals surface area (Å²) in [6, 6.07) is 1.40. The molecule has 0 fully saturated rings. The van der Waals surface area contributed by atoms with Crippen LogP contribution < -0.4 is 16.6 Å². The van der Waals surface area contributed by atoms with Crippen LogP contribution in [0.2, 0.25) is 0 Å². The number of rotatable bonds is 5. The zero-order valence-electron chi connectivity index (χ0n) is 10.3. The van der Waals surface area contributed by atoms with Crippen molar-refractivity contribution in [3.05, 3.63) is 27.1 Å². The summed E-state index contributed by atoms with van der Waals surface area (Å²) in [7, 11) is 1.56. The summed E-state index contributed by atoms with van der Waals surface area (Å²) < 4.78 is 6.50. The van der Waals surface area contributed by atoms with Crippen LogP contribution in [0.1, 0.15) is 6.92 Å².